The molecule has 1 saturated heterocycles. The molecule has 0 radical (unpaired) electrons. The van der Waals surface area contributed by atoms with E-state index >= 15 is 0 Å². The molecule has 26 heavy (non-hydrogen) atoms. The number of aliphatic carboxylic acids is 1. The van der Waals surface area contributed by atoms with Gasteiger partial charge >= 0.3 is 5.97 Å². The number of nitrogens with zero attached hydrogens (tertiary/aromatic N) is 1. The Morgan fingerprint density at radius 1 is 1.31 bits per heavy atom. The Hall–Kier alpha value is -2.13. The molecular formula is C17H24N2O6S. The van der Waals surface area contributed by atoms with Gasteiger partial charge in [-0.25, -0.2) is 13.2 Å². The minimum atomic E-state index is -3.69. The predicted octanol–water partition coefficient (Wildman–Crippen LogP) is 1.08. The fourth-order valence-corrected chi connectivity index (χ4v) is 4.17. The molecule has 1 aliphatic rings. The SMILES string of the molecule is CC(C)C(=O)NC1CCCN(S(=O)(=O)c2ccc(OCC(=O)O)cc2)C1. The molecule has 1 unspecified atom stereocenters. The number of hydrogen-bond donors (Lipinski definition) is 2. The van der Waals surface area contributed by atoms with Gasteiger partial charge in [-0.2, -0.15) is 4.31 Å². The highest BCUT2D eigenvalue weighted by molar-refractivity contribution is 7.89. The molecule has 1 fully saturated rings. The van der Waals surface area contributed by atoms with Crippen molar-refractivity contribution in [1.29, 1.82) is 0 Å². The summed E-state index contributed by atoms with van der Waals surface area (Å²) in [5.41, 5.74) is 0. The Morgan fingerprint density at radius 3 is 2.54 bits per heavy atom. The van der Waals surface area contributed by atoms with E-state index in [4.69, 9.17) is 9.84 Å². The number of carbonyl (C=O) groups is 2. The molecular weight excluding hydrogens is 360 g/mol. The smallest absolute Gasteiger partial charge is 0.341 e. The summed E-state index contributed by atoms with van der Waals surface area (Å²) in [5.74, 6) is -1.06. The summed E-state index contributed by atoms with van der Waals surface area (Å²) in [6.07, 6.45) is 1.41. The second-order valence-electron chi connectivity index (χ2n) is 6.52. The van der Waals surface area contributed by atoms with Crippen LogP contribution >= 0.6 is 0 Å². The van der Waals surface area contributed by atoms with E-state index < -0.39 is 22.6 Å². The summed E-state index contributed by atoms with van der Waals surface area (Å²) in [5, 5.41) is 11.5. The highest BCUT2D eigenvalue weighted by Crippen LogP contribution is 2.23. The van der Waals surface area contributed by atoms with E-state index in [9.17, 15) is 18.0 Å². The third-order valence-corrected chi connectivity index (χ3v) is 5.96. The predicted molar refractivity (Wildman–Crippen MR) is 94.3 cm³/mol. The van der Waals surface area contributed by atoms with E-state index in [1.54, 1.807) is 13.8 Å². The highest BCUT2D eigenvalue weighted by Gasteiger charge is 2.31. The van der Waals surface area contributed by atoms with Gasteiger partial charge in [-0.15, -0.1) is 0 Å². The number of piperidine rings is 1. The van der Waals surface area contributed by atoms with Gasteiger partial charge in [0.05, 0.1) is 4.90 Å². The first-order valence-electron chi connectivity index (χ1n) is 8.45. The van der Waals surface area contributed by atoms with Crippen LogP contribution in [-0.4, -0.2) is 55.4 Å². The molecule has 0 bridgehead atoms. The number of benzene rings is 1. The van der Waals surface area contributed by atoms with Crippen molar-refractivity contribution in [3.05, 3.63) is 24.3 Å². The molecule has 0 saturated carbocycles. The lowest BCUT2D eigenvalue weighted by Gasteiger charge is -2.32. The van der Waals surface area contributed by atoms with E-state index in [1.807, 2.05) is 0 Å². The molecule has 2 N–H and O–H groups in total. The Bertz CT molecular complexity index is 745. The minimum absolute atomic E-state index is 0.0887. The van der Waals surface area contributed by atoms with Gasteiger partial charge in [-0.3, -0.25) is 4.79 Å². The number of carboxylic acid groups (broad SMARTS) is 1. The zero-order valence-electron chi connectivity index (χ0n) is 14.8. The van der Waals surface area contributed by atoms with Crippen molar-refractivity contribution in [2.45, 2.75) is 37.6 Å². The lowest BCUT2D eigenvalue weighted by molar-refractivity contribution is -0.139. The fourth-order valence-electron chi connectivity index (χ4n) is 2.65. The van der Waals surface area contributed by atoms with E-state index in [1.165, 1.54) is 28.6 Å². The molecule has 8 nitrogen and oxygen atoms in total. The molecule has 144 valence electrons. The molecule has 1 aromatic rings. The second kappa shape index (κ2) is 8.50. The molecule has 9 heteroatoms. The van der Waals surface area contributed by atoms with Gasteiger partial charge < -0.3 is 15.2 Å². The van der Waals surface area contributed by atoms with E-state index in [-0.39, 0.29) is 35.1 Å². The summed E-state index contributed by atoms with van der Waals surface area (Å²) in [7, 11) is -3.69. The number of sulfonamides is 1. The molecule has 2 rings (SSSR count). The van der Waals surface area contributed by atoms with Crippen LogP contribution in [0, 0.1) is 5.92 Å². The lowest BCUT2D eigenvalue weighted by atomic mass is 10.1. The molecule has 1 aliphatic heterocycles. The van der Waals surface area contributed by atoms with Gasteiger partial charge in [0.15, 0.2) is 6.61 Å². The number of rotatable bonds is 7. The van der Waals surface area contributed by atoms with Crippen molar-refractivity contribution in [3.63, 3.8) is 0 Å². The van der Waals surface area contributed by atoms with Crippen LogP contribution in [0.25, 0.3) is 0 Å². The van der Waals surface area contributed by atoms with Crippen LogP contribution in [0.1, 0.15) is 26.7 Å². The van der Waals surface area contributed by atoms with Gasteiger partial charge in [0.25, 0.3) is 0 Å². The van der Waals surface area contributed by atoms with Crippen LogP contribution in [-0.2, 0) is 19.6 Å². The van der Waals surface area contributed by atoms with Crippen molar-refractivity contribution >= 4 is 21.9 Å². The first kappa shape index (κ1) is 20.2. The molecule has 0 spiro atoms. The summed E-state index contributed by atoms with van der Waals surface area (Å²) < 4.78 is 32.0. The zero-order chi connectivity index (χ0) is 19.3. The van der Waals surface area contributed by atoms with Crippen LogP contribution in [0.15, 0.2) is 29.2 Å². The number of carboxylic acids is 1. The van der Waals surface area contributed by atoms with Gasteiger partial charge in [0.2, 0.25) is 15.9 Å². The largest absolute Gasteiger partial charge is 0.482 e. The quantitative estimate of drug-likeness (QED) is 0.727. The number of amides is 1. The number of nitrogens with one attached hydrogen (secondary N) is 1. The molecule has 1 atom stereocenters. The Labute approximate surface area is 153 Å². The van der Waals surface area contributed by atoms with Gasteiger partial charge in [0, 0.05) is 25.0 Å². The highest BCUT2D eigenvalue weighted by atomic mass is 32.2. The maximum atomic E-state index is 12.8. The first-order chi connectivity index (χ1) is 12.2. The average Bonchev–Trinajstić information content (AvgIpc) is 2.60. The minimum Gasteiger partial charge on any atom is -0.482 e. The average molecular weight is 384 g/mol. The third-order valence-electron chi connectivity index (χ3n) is 4.08. The normalized spacial score (nSPS) is 18.5. The van der Waals surface area contributed by atoms with Crippen molar-refractivity contribution < 1.29 is 27.9 Å². The van der Waals surface area contributed by atoms with Crippen LogP contribution in [0.3, 0.4) is 0 Å². The standard InChI is InChI=1S/C17H24N2O6S/c1-12(2)17(22)18-13-4-3-9-19(10-13)26(23,24)15-7-5-14(6-8-15)25-11-16(20)21/h5-8,12-13H,3-4,9-11H2,1-2H3,(H,18,22)(H,20,21). The maximum absolute atomic E-state index is 12.8. The lowest BCUT2D eigenvalue weighted by Crippen LogP contribution is -2.50. The zero-order valence-corrected chi connectivity index (χ0v) is 15.7. The fraction of sp³-hybridized carbons (Fsp3) is 0.529. The van der Waals surface area contributed by atoms with E-state index in [0.717, 1.165) is 6.42 Å². The maximum Gasteiger partial charge on any atom is 0.341 e. The number of hydrogen-bond acceptors (Lipinski definition) is 5. The summed E-state index contributed by atoms with van der Waals surface area (Å²) in [6, 6.07) is 5.44. The molecule has 0 aromatic heterocycles. The van der Waals surface area contributed by atoms with E-state index in [0.29, 0.717) is 13.0 Å². The van der Waals surface area contributed by atoms with Crippen molar-refractivity contribution in [1.82, 2.24) is 9.62 Å². The summed E-state index contributed by atoms with van der Waals surface area (Å²) in [4.78, 5) is 22.5. The Kier molecular flexibility index (Phi) is 6.60. The van der Waals surface area contributed by atoms with Crippen molar-refractivity contribution in [2.24, 2.45) is 5.92 Å². The van der Waals surface area contributed by atoms with Gasteiger partial charge in [-0.1, -0.05) is 13.8 Å². The Morgan fingerprint density at radius 2 is 1.96 bits per heavy atom. The third kappa shape index (κ3) is 5.18. The van der Waals surface area contributed by atoms with Crippen molar-refractivity contribution in [3.8, 4) is 5.75 Å². The topological polar surface area (TPSA) is 113 Å². The molecule has 1 amide bonds. The molecule has 1 aromatic carbocycles. The van der Waals surface area contributed by atoms with Crippen LogP contribution < -0.4 is 10.1 Å². The molecule has 1 heterocycles. The van der Waals surface area contributed by atoms with Crippen LogP contribution in [0.5, 0.6) is 5.75 Å². The summed E-state index contributed by atoms with van der Waals surface area (Å²) in [6.45, 7) is 3.72. The number of ether oxygens (including phenoxy) is 1. The van der Waals surface area contributed by atoms with Gasteiger partial charge in [-0.05, 0) is 37.1 Å². The first-order valence-corrected chi connectivity index (χ1v) is 9.89. The Balaban J connectivity index is 2.06. The number of carbonyl (C=O) groups excluding carboxylic acids is 1. The van der Waals surface area contributed by atoms with Crippen LogP contribution in [0.2, 0.25) is 0 Å². The summed E-state index contributed by atoms with van der Waals surface area (Å²) >= 11 is 0. The van der Waals surface area contributed by atoms with E-state index in [2.05, 4.69) is 5.32 Å². The van der Waals surface area contributed by atoms with Crippen LogP contribution in [0.4, 0.5) is 0 Å². The van der Waals surface area contributed by atoms with Crippen molar-refractivity contribution in [2.75, 3.05) is 19.7 Å². The monoisotopic (exact) mass is 384 g/mol. The van der Waals surface area contributed by atoms with Gasteiger partial charge in [0.1, 0.15) is 5.75 Å². The second-order valence-corrected chi connectivity index (χ2v) is 8.46. The molecule has 0 aliphatic carbocycles.